The van der Waals surface area contributed by atoms with E-state index in [1.807, 2.05) is 6.92 Å². The fourth-order valence-corrected chi connectivity index (χ4v) is 1.37. The molecule has 108 valence electrons. The zero-order valence-electron chi connectivity index (χ0n) is 10.8. The third-order valence-electron chi connectivity index (χ3n) is 2.50. The molecule has 0 saturated heterocycles. The van der Waals surface area contributed by atoms with Gasteiger partial charge in [-0.2, -0.15) is 18.2 Å². The molecule has 0 radical (unpaired) electrons. The zero-order chi connectivity index (χ0) is 14.5. The van der Waals surface area contributed by atoms with Gasteiger partial charge in [0, 0.05) is 19.7 Å². The number of halogens is 3. The molecular weight excluding hydrogens is 261 g/mol. The minimum atomic E-state index is -4.52. The highest BCUT2D eigenvalue weighted by molar-refractivity contribution is 5.42. The highest BCUT2D eigenvalue weighted by Gasteiger charge is 2.33. The summed E-state index contributed by atoms with van der Waals surface area (Å²) in [5.74, 6) is -0.0247. The predicted molar refractivity (Wildman–Crippen MR) is 66.0 cm³/mol. The number of aromatic nitrogens is 2. The average Bonchev–Trinajstić information content (AvgIpc) is 2.37. The first-order valence-corrected chi connectivity index (χ1v) is 5.92. The fourth-order valence-electron chi connectivity index (χ4n) is 1.37. The monoisotopic (exact) mass is 278 g/mol. The van der Waals surface area contributed by atoms with Gasteiger partial charge in [0.1, 0.15) is 5.82 Å². The van der Waals surface area contributed by atoms with E-state index in [1.54, 1.807) is 0 Å². The Labute approximate surface area is 109 Å². The molecule has 1 rings (SSSR count). The lowest BCUT2D eigenvalue weighted by molar-refractivity contribution is -0.141. The number of alkyl halides is 3. The average molecular weight is 278 g/mol. The Kier molecular flexibility index (Phi) is 5.34. The van der Waals surface area contributed by atoms with Gasteiger partial charge >= 0.3 is 6.18 Å². The van der Waals surface area contributed by atoms with Crippen molar-refractivity contribution in [2.45, 2.75) is 32.0 Å². The van der Waals surface area contributed by atoms with Crippen molar-refractivity contribution in [3.05, 3.63) is 11.8 Å². The molecule has 19 heavy (non-hydrogen) atoms. The van der Waals surface area contributed by atoms with Gasteiger partial charge in [0.05, 0.1) is 6.10 Å². The first-order chi connectivity index (χ1) is 8.86. The summed E-state index contributed by atoms with van der Waals surface area (Å²) in [7, 11) is 1.44. The molecule has 0 aliphatic carbocycles. The number of anilines is 2. The summed E-state index contributed by atoms with van der Waals surface area (Å²) >= 11 is 0. The van der Waals surface area contributed by atoms with Gasteiger partial charge in [0.2, 0.25) is 5.95 Å². The van der Waals surface area contributed by atoms with Gasteiger partial charge in [-0.05, 0) is 12.8 Å². The maximum Gasteiger partial charge on any atom is 0.433 e. The van der Waals surface area contributed by atoms with Crippen LogP contribution < -0.4 is 10.6 Å². The van der Waals surface area contributed by atoms with Crippen molar-refractivity contribution >= 4 is 11.8 Å². The van der Waals surface area contributed by atoms with E-state index in [4.69, 9.17) is 0 Å². The Morgan fingerprint density at radius 2 is 2.05 bits per heavy atom. The molecule has 5 nitrogen and oxygen atoms in total. The van der Waals surface area contributed by atoms with Gasteiger partial charge in [-0.25, -0.2) is 4.98 Å². The summed E-state index contributed by atoms with van der Waals surface area (Å²) in [4.78, 5) is 7.22. The topological polar surface area (TPSA) is 70.1 Å². The number of nitrogens with one attached hydrogen (secondary N) is 2. The Hall–Kier alpha value is -1.57. The molecule has 3 N–H and O–H groups in total. The van der Waals surface area contributed by atoms with E-state index in [-0.39, 0.29) is 11.8 Å². The van der Waals surface area contributed by atoms with Crippen molar-refractivity contribution in [3.8, 4) is 0 Å². The maximum absolute atomic E-state index is 12.6. The molecule has 0 aliphatic rings. The number of aliphatic hydroxyl groups is 1. The normalized spacial score (nSPS) is 13.2. The summed E-state index contributed by atoms with van der Waals surface area (Å²) in [6, 6.07) is 0.846. The second kappa shape index (κ2) is 6.55. The molecule has 0 spiro atoms. The third kappa shape index (κ3) is 4.90. The molecule has 0 bridgehead atoms. The van der Waals surface area contributed by atoms with Crippen molar-refractivity contribution < 1.29 is 18.3 Å². The van der Waals surface area contributed by atoms with Crippen LogP contribution in [0.4, 0.5) is 24.9 Å². The van der Waals surface area contributed by atoms with Crippen LogP contribution in [-0.4, -0.2) is 34.8 Å². The standard InChI is InChI=1S/C11H17F3N4O/c1-3-7(19)4-5-16-9-6-8(11(12,13)14)17-10(15-2)18-9/h6-7,19H,3-5H2,1-2H3,(H2,15,16,17,18). The van der Waals surface area contributed by atoms with Gasteiger partial charge in [-0.3, -0.25) is 0 Å². The second-order valence-corrected chi connectivity index (χ2v) is 3.99. The lowest BCUT2D eigenvalue weighted by Gasteiger charge is -2.12. The lowest BCUT2D eigenvalue weighted by Crippen LogP contribution is -2.16. The molecule has 0 aromatic carbocycles. The maximum atomic E-state index is 12.6. The van der Waals surface area contributed by atoms with Gasteiger partial charge in [-0.1, -0.05) is 6.92 Å². The first-order valence-electron chi connectivity index (χ1n) is 5.92. The molecule has 1 aromatic heterocycles. The number of aliphatic hydroxyl groups excluding tert-OH is 1. The van der Waals surface area contributed by atoms with Crippen LogP contribution in [0.15, 0.2) is 6.07 Å². The molecule has 1 heterocycles. The van der Waals surface area contributed by atoms with E-state index in [2.05, 4.69) is 20.6 Å². The minimum Gasteiger partial charge on any atom is -0.393 e. The first kappa shape index (κ1) is 15.5. The Morgan fingerprint density at radius 1 is 1.37 bits per heavy atom. The van der Waals surface area contributed by atoms with Crippen molar-refractivity contribution in [1.29, 1.82) is 0 Å². The van der Waals surface area contributed by atoms with E-state index in [9.17, 15) is 18.3 Å². The van der Waals surface area contributed by atoms with E-state index in [1.165, 1.54) is 7.05 Å². The predicted octanol–water partition coefficient (Wildman–Crippen LogP) is 2.11. The van der Waals surface area contributed by atoms with Crippen LogP contribution in [0, 0.1) is 0 Å². The summed E-state index contributed by atoms with van der Waals surface area (Å²) in [5, 5.41) is 14.6. The summed E-state index contributed by atoms with van der Waals surface area (Å²) in [6.45, 7) is 2.17. The fraction of sp³-hybridized carbons (Fsp3) is 0.636. The minimum absolute atomic E-state index is 0.0787. The molecular formula is C11H17F3N4O. The van der Waals surface area contributed by atoms with Crippen LogP contribution in [0.25, 0.3) is 0 Å². The van der Waals surface area contributed by atoms with Crippen LogP contribution >= 0.6 is 0 Å². The van der Waals surface area contributed by atoms with Crippen molar-refractivity contribution in [2.24, 2.45) is 0 Å². The van der Waals surface area contributed by atoms with E-state index in [0.717, 1.165) is 6.07 Å². The molecule has 1 atom stereocenters. The van der Waals surface area contributed by atoms with Crippen molar-refractivity contribution in [1.82, 2.24) is 9.97 Å². The van der Waals surface area contributed by atoms with Gasteiger partial charge in [0.25, 0.3) is 0 Å². The van der Waals surface area contributed by atoms with E-state index < -0.39 is 18.0 Å². The van der Waals surface area contributed by atoms with Gasteiger partial charge < -0.3 is 15.7 Å². The highest BCUT2D eigenvalue weighted by atomic mass is 19.4. The Morgan fingerprint density at radius 3 is 2.58 bits per heavy atom. The van der Waals surface area contributed by atoms with Crippen LogP contribution in [0.3, 0.4) is 0 Å². The van der Waals surface area contributed by atoms with Crippen LogP contribution in [-0.2, 0) is 6.18 Å². The van der Waals surface area contributed by atoms with E-state index in [0.29, 0.717) is 19.4 Å². The van der Waals surface area contributed by atoms with Gasteiger partial charge in [0.15, 0.2) is 5.69 Å². The zero-order valence-corrected chi connectivity index (χ0v) is 10.8. The Bertz CT molecular complexity index is 411. The van der Waals surface area contributed by atoms with Crippen LogP contribution in [0.1, 0.15) is 25.5 Å². The number of nitrogens with zero attached hydrogens (tertiary/aromatic N) is 2. The number of hydrogen-bond acceptors (Lipinski definition) is 5. The third-order valence-corrected chi connectivity index (χ3v) is 2.50. The number of hydrogen-bond donors (Lipinski definition) is 3. The molecule has 1 aromatic rings. The molecule has 0 fully saturated rings. The van der Waals surface area contributed by atoms with E-state index >= 15 is 0 Å². The smallest absolute Gasteiger partial charge is 0.393 e. The summed E-state index contributed by atoms with van der Waals surface area (Å²) in [6.07, 6.45) is -3.95. The molecule has 0 amide bonds. The number of rotatable bonds is 6. The quantitative estimate of drug-likeness (QED) is 0.743. The molecule has 0 saturated carbocycles. The largest absolute Gasteiger partial charge is 0.433 e. The summed E-state index contributed by atoms with van der Waals surface area (Å²) in [5.41, 5.74) is -1.01. The Balaban J connectivity index is 2.77. The second-order valence-electron chi connectivity index (χ2n) is 3.99. The molecule has 1 unspecified atom stereocenters. The van der Waals surface area contributed by atoms with Gasteiger partial charge in [-0.15, -0.1) is 0 Å². The molecule has 0 aliphatic heterocycles. The molecule has 8 heteroatoms. The summed E-state index contributed by atoms with van der Waals surface area (Å²) < 4.78 is 37.8. The van der Waals surface area contributed by atoms with Crippen LogP contribution in [0.5, 0.6) is 0 Å². The van der Waals surface area contributed by atoms with Crippen molar-refractivity contribution in [3.63, 3.8) is 0 Å². The van der Waals surface area contributed by atoms with Crippen molar-refractivity contribution in [2.75, 3.05) is 24.2 Å². The highest BCUT2D eigenvalue weighted by Crippen LogP contribution is 2.29. The lowest BCUT2D eigenvalue weighted by atomic mass is 10.2. The van der Waals surface area contributed by atoms with Crippen LogP contribution in [0.2, 0.25) is 0 Å². The SMILES string of the molecule is CCC(O)CCNc1cc(C(F)(F)F)nc(NC)n1.